The summed E-state index contributed by atoms with van der Waals surface area (Å²) < 4.78 is 24.8. The summed E-state index contributed by atoms with van der Waals surface area (Å²) in [7, 11) is 1.46. The van der Waals surface area contributed by atoms with Gasteiger partial charge in [0.1, 0.15) is 0 Å². The molecular formula is C23H30FN3O2. The van der Waals surface area contributed by atoms with Crippen LogP contribution in [0, 0.1) is 5.95 Å². The van der Waals surface area contributed by atoms with Crippen molar-refractivity contribution in [2.24, 2.45) is 0 Å². The Morgan fingerprint density at radius 1 is 1.21 bits per heavy atom. The standard InChI is InChI=1S/C23H30FN3O2/c1-28-19-14-18(16-27-21(19)24)15-25-12-9-22(20-6-2-5-11-26-20)10-13-29-23(17-22)7-3-4-8-23/h2,5-6,11,14,16,25H,3-4,7-10,12-13,15,17H2,1H3/t22-/m1/s1. The maximum Gasteiger partial charge on any atom is 0.255 e. The minimum atomic E-state index is -0.575. The molecule has 1 saturated heterocycles. The average molecular weight is 400 g/mol. The van der Waals surface area contributed by atoms with Crippen molar-refractivity contribution in [3.05, 3.63) is 53.9 Å². The van der Waals surface area contributed by atoms with Crippen molar-refractivity contribution in [1.29, 1.82) is 0 Å². The second-order valence-electron chi connectivity index (χ2n) is 8.42. The van der Waals surface area contributed by atoms with Crippen LogP contribution in [0.3, 0.4) is 0 Å². The van der Waals surface area contributed by atoms with Crippen molar-refractivity contribution in [1.82, 2.24) is 15.3 Å². The van der Waals surface area contributed by atoms with Crippen molar-refractivity contribution in [3.63, 3.8) is 0 Å². The number of aromatic nitrogens is 2. The van der Waals surface area contributed by atoms with Crippen molar-refractivity contribution < 1.29 is 13.9 Å². The Labute approximate surface area is 172 Å². The Bertz CT molecular complexity index is 811. The van der Waals surface area contributed by atoms with Crippen LogP contribution in [0.5, 0.6) is 5.75 Å². The Morgan fingerprint density at radius 2 is 2.07 bits per heavy atom. The second-order valence-corrected chi connectivity index (χ2v) is 8.42. The number of nitrogens with one attached hydrogen (secondary N) is 1. The van der Waals surface area contributed by atoms with Crippen molar-refractivity contribution in [2.75, 3.05) is 20.3 Å². The molecule has 0 bridgehead atoms. The molecule has 1 N–H and O–H groups in total. The first-order valence-electron chi connectivity index (χ1n) is 10.6. The molecule has 1 aliphatic carbocycles. The van der Waals surface area contributed by atoms with E-state index in [1.54, 1.807) is 12.3 Å². The number of rotatable bonds is 7. The maximum absolute atomic E-state index is 13.5. The molecule has 3 heterocycles. The summed E-state index contributed by atoms with van der Waals surface area (Å²) in [5.41, 5.74) is 2.16. The van der Waals surface area contributed by atoms with Crippen LogP contribution in [0.1, 0.15) is 56.2 Å². The van der Waals surface area contributed by atoms with E-state index >= 15 is 0 Å². The Balaban J connectivity index is 1.44. The molecule has 4 rings (SSSR count). The normalized spacial score (nSPS) is 23.4. The van der Waals surface area contributed by atoms with Gasteiger partial charge in [-0.15, -0.1) is 0 Å². The number of hydrogen-bond donors (Lipinski definition) is 1. The van der Waals surface area contributed by atoms with Gasteiger partial charge in [-0.1, -0.05) is 18.9 Å². The van der Waals surface area contributed by atoms with E-state index in [2.05, 4.69) is 22.4 Å². The SMILES string of the molecule is COc1cc(CNCC[C@@]2(c3ccccn3)CCOC3(CCCC3)C2)cnc1F. The third-order valence-corrected chi connectivity index (χ3v) is 6.57. The summed E-state index contributed by atoms with van der Waals surface area (Å²) in [5, 5.41) is 3.51. The molecule has 0 aromatic carbocycles. The molecule has 2 aliphatic rings. The molecule has 1 aliphatic heterocycles. The first kappa shape index (κ1) is 20.2. The van der Waals surface area contributed by atoms with Gasteiger partial charge in [0.05, 0.1) is 12.7 Å². The molecule has 156 valence electrons. The second kappa shape index (κ2) is 8.76. The lowest BCUT2D eigenvalue weighted by Crippen LogP contribution is -2.47. The van der Waals surface area contributed by atoms with Gasteiger partial charge in [0.25, 0.3) is 5.95 Å². The number of ether oxygens (including phenoxy) is 2. The molecule has 2 fully saturated rings. The number of halogens is 1. The van der Waals surface area contributed by atoms with E-state index in [0.29, 0.717) is 6.54 Å². The molecule has 1 spiro atoms. The van der Waals surface area contributed by atoms with E-state index in [0.717, 1.165) is 50.8 Å². The van der Waals surface area contributed by atoms with Crippen molar-refractivity contribution in [2.45, 2.75) is 62.5 Å². The smallest absolute Gasteiger partial charge is 0.255 e. The van der Waals surface area contributed by atoms with Crippen molar-refractivity contribution >= 4 is 0 Å². The van der Waals surface area contributed by atoms with Gasteiger partial charge in [0, 0.05) is 36.7 Å². The van der Waals surface area contributed by atoms with Crippen LogP contribution in [0.25, 0.3) is 0 Å². The van der Waals surface area contributed by atoms with Gasteiger partial charge >= 0.3 is 0 Å². The summed E-state index contributed by atoms with van der Waals surface area (Å²) in [6.45, 7) is 2.28. The molecular weight excluding hydrogens is 369 g/mol. The number of pyridine rings is 2. The van der Waals surface area contributed by atoms with Gasteiger partial charge in [0.2, 0.25) is 0 Å². The Hall–Kier alpha value is -2.05. The highest BCUT2D eigenvalue weighted by atomic mass is 19.1. The summed E-state index contributed by atoms with van der Waals surface area (Å²) >= 11 is 0. The van der Waals surface area contributed by atoms with Crippen molar-refractivity contribution in [3.8, 4) is 5.75 Å². The predicted octanol–water partition coefficient (Wildman–Crippen LogP) is 4.17. The van der Waals surface area contributed by atoms with E-state index in [-0.39, 0.29) is 16.8 Å². The highest BCUT2D eigenvalue weighted by molar-refractivity contribution is 5.25. The van der Waals surface area contributed by atoms with Gasteiger partial charge in [-0.2, -0.15) is 4.39 Å². The fourth-order valence-electron chi connectivity index (χ4n) is 5.06. The molecule has 0 unspecified atom stereocenters. The zero-order valence-electron chi connectivity index (χ0n) is 17.1. The van der Waals surface area contributed by atoms with Crippen LogP contribution in [0.15, 0.2) is 36.7 Å². The Kier molecular flexibility index (Phi) is 6.11. The fraction of sp³-hybridized carbons (Fsp3) is 0.565. The molecule has 2 aromatic rings. The highest BCUT2D eigenvalue weighted by Gasteiger charge is 2.48. The van der Waals surface area contributed by atoms with Gasteiger partial charge in [-0.3, -0.25) is 4.98 Å². The summed E-state index contributed by atoms with van der Waals surface area (Å²) in [6, 6.07) is 7.94. The zero-order chi connectivity index (χ0) is 20.2. The largest absolute Gasteiger partial charge is 0.492 e. The minimum Gasteiger partial charge on any atom is -0.492 e. The third kappa shape index (κ3) is 4.43. The first-order valence-corrected chi connectivity index (χ1v) is 10.6. The van der Waals surface area contributed by atoms with Gasteiger partial charge < -0.3 is 14.8 Å². The van der Waals surface area contributed by atoms with E-state index in [1.165, 1.54) is 25.6 Å². The fourth-order valence-corrected chi connectivity index (χ4v) is 5.06. The topological polar surface area (TPSA) is 56.3 Å². The van der Waals surface area contributed by atoms with Gasteiger partial charge in [-0.25, -0.2) is 4.98 Å². The van der Waals surface area contributed by atoms with E-state index in [4.69, 9.17) is 14.5 Å². The van der Waals surface area contributed by atoms with Crippen LogP contribution < -0.4 is 10.1 Å². The lowest BCUT2D eigenvalue weighted by Gasteiger charge is -2.46. The van der Waals surface area contributed by atoms with Crippen LogP contribution >= 0.6 is 0 Å². The van der Waals surface area contributed by atoms with E-state index in [9.17, 15) is 4.39 Å². The average Bonchev–Trinajstić information content (AvgIpc) is 3.20. The zero-order valence-corrected chi connectivity index (χ0v) is 17.1. The van der Waals surface area contributed by atoms with Gasteiger partial charge in [-0.05, 0) is 62.4 Å². The van der Waals surface area contributed by atoms with Gasteiger partial charge in [0.15, 0.2) is 5.75 Å². The lowest BCUT2D eigenvalue weighted by molar-refractivity contribution is -0.104. The monoisotopic (exact) mass is 399 g/mol. The molecule has 2 aromatic heterocycles. The summed E-state index contributed by atoms with van der Waals surface area (Å²) in [4.78, 5) is 8.52. The third-order valence-electron chi connectivity index (χ3n) is 6.57. The number of nitrogens with zero attached hydrogens (tertiary/aromatic N) is 2. The molecule has 1 saturated carbocycles. The van der Waals surface area contributed by atoms with E-state index < -0.39 is 5.95 Å². The quantitative estimate of drug-likeness (QED) is 0.560. The summed E-state index contributed by atoms with van der Waals surface area (Å²) in [6.07, 6.45) is 11.3. The lowest BCUT2D eigenvalue weighted by atomic mass is 9.68. The number of methoxy groups -OCH3 is 1. The maximum atomic E-state index is 13.5. The molecule has 0 radical (unpaired) electrons. The van der Waals surface area contributed by atoms with Crippen LogP contribution in [-0.2, 0) is 16.7 Å². The van der Waals surface area contributed by atoms with E-state index in [1.807, 2.05) is 12.3 Å². The molecule has 6 heteroatoms. The highest BCUT2D eigenvalue weighted by Crippen LogP contribution is 2.49. The Morgan fingerprint density at radius 3 is 2.83 bits per heavy atom. The van der Waals surface area contributed by atoms with Crippen LogP contribution in [0.4, 0.5) is 4.39 Å². The minimum absolute atomic E-state index is 0.0318. The van der Waals surface area contributed by atoms with Crippen LogP contribution in [-0.4, -0.2) is 35.8 Å². The molecule has 29 heavy (non-hydrogen) atoms. The van der Waals surface area contributed by atoms with Crippen LogP contribution in [0.2, 0.25) is 0 Å². The molecule has 0 amide bonds. The summed E-state index contributed by atoms with van der Waals surface area (Å²) in [5.74, 6) is -0.392. The molecule has 1 atom stereocenters. The first-order chi connectivity index (χ1) is 14.1. The predicted molar refractivity (Wildman–Crippen MR) is 109 cm³/mol. The number of hydrogen-bond acceptors (Lipinski definition) is 5. The molecule has 5 nitrogen and oxygen atoms in total.